The predicted molar refractivity (Wildman–Crippen MR) is 124 cm³/mol. The SMILES string of the molecule is COc1cccc(C2CC(=O)N(c3cccc4ccccc34)C3=C2C(=O)CCC3)c1OC. The first-order valence-electron chi connectivity index (χ1n) is 10.9. The Kier molecular flexibility index (Phi) is 5.17. The summed E-state index contributed by atoms with van der Waals surface area (Å²) in [5.74, 6) is 0.932. The number of allylic oxidation sites excluding steroid dienone is 2. The van der Waals surface area contributed by atoms with Crippen LogP contribution in [0.25, 0.3) is 10.8 Å². The number of benzene rings is 3. The number of Topliss-reactive ketones (excluding diaryl/α,β-unsaturated/α-hetero) is 1. The number of carbonyl (C=O) groups is 2. The Labute approximate surface area is 187 Å². The molecule has 0 N–H and O–H groups in total. The van der Waals surface area contributed by atoms with Crippen LogP contribution >= 0.6 is 0 Å². The van der Waals surface area contributed by atoms with Crippen molar-refractivity contribution in [1.82, 2.24) is 0 Å². The van der Waals surface area contributed by atoms with Crippen LogP contribution in [0.15, 0.2) is 71.9 Å². The van der Waals surface area contributed by atoms with Crippen LogP contribution in [0.2, 0.25) is 0 Å². The molecule has 3 aromatic rings. The van der Waals surface area contributed by atoms with Gasteiger partial charge in [0.2, 0.25) is 5.91 Å². The van der Waals surface area contributed by atoms with Crippen LogP contribution < -0.4 is 14.4 Å². The molecule has 1 unspecified atom stereocenters. The van der Waals surface area contributed by atoms with Gasteiger partial charge in [0.1, 0.15) is 0 Å². The largest absolute Gasteiger partial charge is 0.493 e. The molecule has 1 heterocycles. The molecule has 0 aromatic heterocycles. The summed E-state index contributed by atoms with van der Waals surface area (Å²) in [5, 5.41) is 2.07. The second-order valence-corrected chi connectivity index (χ2v) is 8.20. The first kappa shape index (κ1) is 20.3. The van der Waals surface area contributed by atoms with E-state index in [0.29, 0.717) is 24.3 Å². The summed E-state index contributed by atoms with van der Waals surface area (Å²) in [6.07, 6.45) is 2.14. The quantitative estimate of drug-likeness (QED) is 0.561. The topological polar surface area (TPSA) is 55.8 Å². The zero-order valence-electron chi connectivity index (χ0n) is 18.3. The number of anilines is 1. The number of rotatable bonds is 4. The fourth-order valence-corrected chi connectivity index (χ4v) is 5.13. The Balaban J connectivity index is 1.72. The molecule has 0 saturated carbocycles. The summed E-state index contributed by atoms with van der Waals surface area (Å²) in [6.45, 7) is 0. The van der Waals surface area contributed by atoms with Crippen LogP contribution in [0.5, 0.6) is 11.5 Å². The third-order valence-corrected chi connectivity index (χ3v) is 6.49. The number of methoxy groups -OCH3 is 2. The minimum Gasteiger partial charge on any atom is -0.493 e. The Bertz CT molecular complexity index is 1250. The van der Waals surface area contributed by atoms with Crippen molar-refractivity contribution < 1.29 is 19.1 Å². The Morgan fingerprint density at radius 3 is 2.47 bits per heavy atom. The van der Waals surface area contributed by atoms with Gasteiger partial charge in [0, 0.05) is 41.0 Å². The highest BCUT2D eigenvalue weighted by molar-refractivity contribution is 6.11. The molecule has 1 aliphatic carbocycles. The van der Waals surface area contributed by atoms with Crippen LogP contribution in [0.3, 0.4) is 0 Å². The van der Waals surface area contributed by atoms with Crippen molar-refractivity contribution in [3.05, 3.63) is 77.5 Å². The van der Waals surface area contributed by atoms with E-state index in [1.165, 1.54) is 0 Å². The van der Waals surface area contributed by atoms with Gasteiger partial charge < -0.3 is 9.47 Å². The van der Waals surface area contributed by atoms with Crippen molar-refractivity contribution in [2.75, 3.05) is 19.1 Å². The number of hydrogen-bond donors (Lipinski definition) is 0. The van der Waals surface area contributed by atoms with Gasteiger partial charge in [-0.1, -0.05) is 48.5 Å². The molecule has 162 valence electrons. The maximum atomic E-state index is 13.6. The molecule has 0 fully saturated rings. The third-order valence-electron chi connectivity index (χ3n) is 6.49. The molecular weight excluding hydrogens is 402 g/mol. The molecule has 0 radical (unpaired) electrons. The summed E-state index contributed by atoms with van der Waals surface area (Å²) in [4.78, 5) is 28.7. The van der Waals surface area contributed by atoms with Crippen LogP contribution in [-0.4, -0.2) is 25.9 Å². The number of nitrogens with zero attached hydrogens (tertiary/aromatic N) is 1. The highest BCUT2D eigenvalue weighted by Crippen LogP contribution is 2.48. The molecule has 1 atom stereocenters. The van der Waals surface area contributed by atoms with Gasteiger partial charge in [-0.15, -0.1) is 0 Å². The lowest BCUT2D eigenvalue weighted by molar-refractivity contribution is -0.119. The average Bonchev–Trinajstić information content (AvgIpc) is 2.83. The molecule has 0 spiro atoms. The number of carbonyl (C=O) groups excluding carboxylic acids is 2. The van der Waals surface area contributed by atoms with Crippen LogP contribution in [0.4, 0.5) is 5.69 Å². The van der Waals surface area contributed by atoms with E-state index < -0.39 is 0 Å². The number of fused-ring (bicyclic) bond motifs is 1. The molecule has 5 rings (SSSR count). The van der Waals surface area contributed by atoms with Gasteiger partial charge in [-0.05, 0) is 30.4 Å². The van der Waals surface area contributed by atoms with Crippen molar-refractivity contribution in [1.29, 1.82) is 0 Å². The van der Waals surface area contributed by atoms with Crippen LogP contribution in [0, 0.1) is 0 Å². The van der Waals surface area contributed by atoms with E-state index in [1.54, 1.807) is 19.1 Å². The Morgan fingerprint density at radius 2 is 1.66 bits per heavy atom. The lowest BCUT2D eigenvalue weighted by atomic mass is 9.76. The molecule has 32 heavy (non-hydrogen) atoms. The zero-order valence-corrected chi connectivity index (χ0v) is 18.3. The molecule has 5 nitrogen and oxygen atoms in total. The van der Waals surface area contributed by atoms with Gasteiger partial charge in [-0.25, -0.2) is 0 Å². The maximum Gasteiger partial charge on any atom is 0.232 e. The second-order valence-electron chi connectivity index (χ2n) is 8.20. The number of hydrogen-bond acceptors (Lipinski definition) is 4. The first-order chi connectivity index (χ1) is 15.6. The first-order valence-corrected chi connectivity index (χ1v) is 10.9. The molecule has 2 aliphatic rings. The molecule has 1 aliphatic heterocycles. The number of ether oxygens (including phenoxy) is 2. The number of amides is 1. The summed E-state index contributed by atoms with van der Waals surface area (Å²) in [7, 11) is 3.18. The maximum absolute atomic E-state index is 13.6. The highest BCUT2D eigenvalue weighted by Gasteiger charge is 2.41. The lowest BCUT2D eigenvalue weighted by Crippen LogP contribution is -2.40. The smallest absolute Gasteiger partial charge is 0.232 e. The summed E-state index contributed by atoms with van der Waals surface area (Å²) in [5.41, 5.74) is 3.21. The molecule has 5 heteroatoms. The van der Waals surface area contributed by atoms with Crippen molar-refractivity contribution in [3.63, 3.8) is 0 Å². The molecular formula is C27H25NO4. The Morgan fingerprint density at radius 1 is 0.875 bits per heavy atom. The minimum absolute atomic E-state index is 0.00956. The van der Waals surface area contributed by atoms with Gasteiger partial charge in [0.15, 0.2) is 17.3 Å². The van der Waals surface area contributed by atoms with E-state index in [1.807, 2.05) is 60.7 Å². The van der Waals surface area contributed by atoms with Crippen molar-refractivity contribution in [3.8, 4) is 11.5 Å². The standard InChI is InChI=1S/C27H25NO4/c1-31-24-15-6-11-19(27(24)32-2)20-16-25(30)28(22-13-7-14-23(29)26(20)22)21-12-5-9-17-8-3-4-10-18(17)21/h3-6,8-12,15,20H,7,13-14,16H2,1-2H3. The molecule has 0 saturated heterocycles. The van der Waals surface area contributed by atoms with Crippen molar-refractivity contribution >= 4 is 28.2 Å². The number of ketones is 1. The molecule has 1 amide bonds. The molecule has 3 aromatic carbocycles. The van der Waals surface area contributed by atoms with Crippen LogP contribution in [0.1, 0.15) is 37.2 Å². The highest BCUT2D eigenvalue weighted by atomic mass is 16.5. The van der Waals surface area contributed by atoms with Gasteiger partial charge in [0.05, 0.1) is 19.9 Å². The lowest BCUT2D eigenvalue weighted by Gasteiger charge is -2.39. The summed E-state index contributed by atoms with van der Waals surface area (Å²) >= 11 is 0. The van der Waals surface area contributed by atoms with Gasteiger partial charge in [-0.3, -0.25) is 14.5 Å². The van der Waals surface area contributed by atoms with Crippen molar-refractivity contribution in [2.24, 2.45) is 0 Å². The fourth-order valence-electron chi connectivity index (χ4n) is 5.13. The van der Waals surface area contributed by atoms with E-state index in [9.17, 15) is 9.59 Å². The second kappa shape index (κ2) is 8.15. The third kappa shape index (κ3) is 3.16. The number of para-hydroxylation sites is 1. The van der Waals surface area contributed by atoms with E-state index >= 15 is 0 Å². The summed E-state index contributed by atoms with van der Waals surface area (Å²) < 4.78 is 11.1. The van der Waals surface area contributed by atoms with Gasteiger partial charge in [0.25, 0.3) is 0 Å². The Hall–Kier alpha value is -3.60. The van der Waals surface area contributed by atoms with Crippen molar-refractivity contribution in [2.45, 2.75) is 31.6 Å². The van der Waals surface area contributed by atoms with E-state index in [0.717, 1.165) is 39.7 Å². The van der Waals surface area contributed by atoms with E-state index in [2.05, 4.69) is 0 Å². The van der Waals surface area contributed by atoms with Gasteiger partial charge >= 0.3 is 0 Å². The average molecular weight is 428 g/mol. The summed E-state index contributed by atoms with van der Waals surface area (Å²) in [6, 6.07) is 19.6. The normalized spacial score (nSPS) is 18.7. The zero-order chi connectivity index (χ0) is 22.2. The van der Waals surface area contributed by atoms with Gasteiger partial charge in [-0.2, -0.15) is 0 Å². The van der Waals surface area contributed by atoms with E-state index in [-0.39, 0.29) is 24.0 Å². The minimum atomic E-state index is -0.346. The molecule has 0 bridgehead atoms. The fraction of sp³-hybridized carbons (Fsp3) is 0.259. The van der Waals surface area contributed by atoms with Crippen LogP contribution in [-0.2, 0) is 9.59 Å². The predicted octanol–water partition coefficient (Wildman–Crippen LogP) is 5.38. The van der Waals surface area contributed by atoms with E-state index in [4.69, 9.17) is 9.47 Å². The monoisotopic (exact) mass is 427 g/mol.